The Morgan fingerprint density at radius 1 is 1.28 bits per heavy atom. The van der Waals surface area contributed by atoms with Gasteiger partial charge in [0.15, 0.2) is 0 Å². The topological polar surface area (TPSA) is 32.3 Å². The average molecular weight is 250 g/mol. The van der Waals surface area contributed by atoms with E-state index in [1.54, 1.807) is 6.92 Å². The van der Waals surface area contributed by atoms with Crippen molar-refractivity contribution in [2.75, 3.05) is 19.6 Å². The van der Waals surface area contributed by atoms with E-state index in [0.717, 1.165) is 31.6 Å². The van der Waals surface area contributed by atoms with Gasteiger partial charge >= 0.3 is 0 Å². The Hall–Kier alpha value is -1.51. The monoisotopic (exact) mass is 250 g/mol. The van der Waals surface area contributed by atoms with Crippen molar-refractivity contribution in [1.82, 2.24) is 10.2 Å². The molecule has 0 rings (SSSR count). The van der Waals surface area contributed by atoms with Crippen LogP contribution in [0.2, 0.25) is 0 Å². The van der Waals surface area contributed by atoms with Crippen molar-refractivity contribution >= 4 is 5.91 Å². The molecule has 3 nitrogen and oxygen atoms in total. The molecule has 1 amide bonds. The Kier molecular flexibility index (Phi) is 8.71. The second kappa shape index (κ2) is 9.51. The first-order valence-corrected chi connectivity index (χ1v) is 6.48. The lowest BCUT2D eigenvalue weighted by Crippen LogP contribution is -2.27. The summed E-state index contributed by atoms with van der Waals surface area (Å²) in [6.45, 7) is 14.2. The third kappa shape index (κ3) is 7.71. The molecule has 0 fully saturated rings. The molecule has 0 saturated carbocycles. The van der Waals surface area contributed by atoms with Crippen LogP contribution in [0.4, 0.5) is 0 Å². The maximum atomic E-state index is 10.7. The molecule has 3 heteroatoms. The van der Waals surface area contributed by atoms with Gasteiger partial charge in [-0.3, -0.25) is 4.79 Å². The van der Waals surface area contributed by atoms with Crippen molar-refractivity contribution in [2.24, 2.45) is 0 Å². The Morgan fingerprint density at radius 3 is 2.44 bits per heavy atom. The zero-order valence-electron chi connectivity index (χ0n) is 12.1. The second-order valence-electron chi connectivity index (χ2n) is 4.34. The normalized spacial score (nSPS) is 12.2. The van der Waals surface area contributed by atoms with Crippen LogP contribution < -0.4 is 5.32 Å². The van der Waals surface area contributed by atoms with Crippen molar-refractivity contribution in [2.45, 2.75) is 34.1 Å². The lowest BCUT2D eigenvalue weighted by Gasteiger charge is -2.23. The third-order valence-electron chi connectivity index (χ3n) is 2.77. The predicted molar refractivity (Wildman–Crippen MR) is 78.3 cm³/mol. The summed E-state index contributed by atoms with van der Waals surface area (Å²) >= 11 is 0. The van der Waals surface area contributed by atoms with Crippen LogP contribution in [-0.2, 0) is 4.79 Å². The fourth-order valence-corrected chi connectivity index (χ4v) is 1.54. The highest BCUT2D eigenvalue weighted by Gasteiger charge is 2.01. The van der Waals surface area contributed by atoms with Gasteiger partial charge in [-0.2, -0.15) is 0 Å². The molecule has 0 aliphatic rings. The summed E-state index contributed by atoms with van der Waals surface area (Å²) in [7, 11) is 0. The van der Waals surface area contributed by atoms with E-state index in [4.69, 9.17) is 0 Å². The van der Waals surface area contributed by atoms with Crippen molar-refractivity contribution < 1.29 is 4.79 Å². The van der Waals surface area contributed by atoms with Gasteiger partial charge in [-0.15, -0.1) is 0 Å². The van der Waals surface area contributed by atoms with Gasteiger partial charge in [0, 0.05) is 32.3 Å². The van der Waals surface area contributed by atoms with E-state index in [1.165, 1.54) is 5.70 Å². The number of hydrogen-bond acceptors (Lipinski definition) is 2. The third-order valence-corrected chi connectivity index (χ3v) is 2.77. The molecule has 0 heterocycles. The number of rotatable bonds is 8. The second-order valence-corrected chi connectivity index (χ2v) is 4.34. The van der Waals surface area contributed by atoms with E-state index < -0.39 is 0 Å². The van der Waals surface area contributed by atoms with Gasteiger partial charge in [-0.25, -0.2) is 0 Å². The van der Waals surface area contributed by atoms with Crippen LogP contribution in [0.5, 0.6) is 0 Å². The molecule has 102 valence electrons. The molecule has 0 saturated heterocycles. The van der Waals surface area contributed by atoms with Gasteiger partial charge in [-0.05, 0) is 33.3 Å². The zero-order chi connectivity index (χ0) is 14.0. The highest BCUT2D eigenvalue weighted by molar-refractivity contribution is 5.72. The molecule has 0 radical (unpaired) electrons. The quantitative estimate of drug-likeness (QED) is 0.530. The molecule has 1 N–H and O–H groups in total. The van der Waals surface area contributed by atoms with E-state index in [2.05, 4.69) is 42.8 Å². The molecule has 0 spiro atoms. The van der Waals surface area contributed by atoms with E-state index in [0.29, 0.717) is 0 Å². The number of carbonyl (C=O) groups is 1. The van der Waals surface area contributed by atoms with Gasteiger partial charge in [0.05, 0.1) is 0 Å². The van der Waals surface area contributed by atoms with Crippen LogP contribution in [0, 0.1) is 0 Å². The smallest absolute Gasteiger partial charge is 0.216 e. The Bertz CT molecular complexity index is 329. The van der Waals surface area contributed by atoms with Crippen LogP contribution >= 0.6 is 0 Å². The first-order chi connectivity index (χ1) is 8.51. The molecular weight excluding hydrogens is 224 g/mol. The van der Waals surface area contributed by atoms with Crippen LogP contribution in [0.3, 0.4) is 0 Å². The van der Waals surface area contributed by atoms with Crippen molar-refractivity contribution in [3.05, 3.63) is 36.1 Å². The highest BCUT2D eigenvalue weighted by Crippen LogP contribution is 2.05. The molecule has 0 aliphatic heterocycles. The summed E-state index contributed by atoms with van der Waals surface area (Å²) in [5, 5.41) is 2.81. The van der Waals surface area contributed by atoms with E-state index in [1.807, 2.05) is 13.0 Å². The summed E-state index contributed by atoms with van der Waals surface area (Å²) in [5.41, 5.74) is 2.39. The average Bonchev–Trinajstić information content (AvgIpc) is 2.35. The SMILES string of the molecule is C=C/C(C)=C\C=C(/C)N(CC)CCCNC(C)=O. The predicted octanol–water partition coefficient (Wildman–Crippen LogP) is 2.87. The first kappa shape index (κ1) is 16.5. The minimum atomic E-state index is 0.0369. The summed E-state index contributed by atoms with van der Waals surface area (Å²) in [4.78, 5) is 13.0. The van der Waals surface area contributed by atoms with E-state index in [-0.39, 0.29) is 5.91 Å². The van der Waals surface area contributed by atoms with E-state index >= 15 is 0 Å². The maximum absolute atomic E-state index is 10.7. The zero-order valence-corrected chi connectivity index (χ0v) is 12.1. The molecule has 0 aromatic rings. The molecule has 18 heavy (non-hydrogen) atoms. The number of allylic oxidation sites excluding steroid dienone is 5. The summed E-state index contributed by atoms with van der Waals surface area (Å²) < 4.78 is 0. The van der Waals surface area contributed by atoms with Gasteiger partial charge in [0.1, 0.15) is 0 Å². The fourth-order valence-electron chi connectivity index (χ4n) is 1.54. The maximum Gasteiger partial charge on any atom is 0.216 e. The van der Waals surface area contributed by atoms with Crippen LogP contribution in [-0.4, -0.2) is 30.4 Å². The molecular formula is C15H26N2O. The Balaban J connectivity index is 4.23. The summed E-state index contributed by atoms with van der Waals surface area (Å²) in [6.07, 6.45) is 6.98. The molecule has 0 bridgehead atoms. The number of nitrogens with one attached hydrogen (secondary N) is 1. The molecule has 0 aliphatic carbocycles. The van der Waals surface area contributed by atoms with E-state index in [9.17, 15) is 4.79 Å². The summed E-state index contributed by atoms with van der Waals surface area (Å²) in [5.74, 6) is 0.0369. The van der Waals surface area contributed by atoms with Gasteiger partial charge < -0.3 is 10.2 Å². The largest absolute Gasteiger partial charge is 0.375 e. The number of carbonyl (C=O) groups excluding carboxylic acids is 1. The van der Waals surface area contributed by atoms with Gasteiger partial charge in [-0.1, -0.05) is 24.3 Å². The number of hydrogen-bond donors (Lipinski definition) is 1. The Morgan fingerprint density at radius 2 is 1.94 bits per heavy atom. The first-order valence-electron chi connectivity index (χ1n) is 6.48. The molecule has 0 atom stereocenters. The standard InChI is InChI=1S/C15H26N2O/c1-6-13(3)9-10-14(4)17(7-2)12-8-11-16-15(5)18/h6,9-10H,1,7-8,11-12H2,2-5H3,(H,16,18)/b13-9-,14-10+. The molecule has 0 aromatic carbocycles. The van der Waals surface area contributed by atoms with Crippen molar-refractivity contribution in [3.63, 3.8) is 0 Å². The van der Waals surface area contributed by atoms with Crippen LogP contribution in [0.15, 0.2) is 36.1 Å². The highest BCUT2D eigenvalue weighted by atomic mass is 16.1. The lowest BCUT2D eigenvalue weighted by atomic mass is 10.2. The fraction of sp³-hybridized carbons (Fsp3) is 0.533. The Labute approximate surface area is 111 Å². The van der Waals surface area contributed by atoms with Crippen molar-refractivity contribution in [1.29, 1.82) is 0 Å². The molecule has 0 aromatic heterocycles. The minimum absolute atomic E-state index is 0.0369. The lowest BCUT2D eigenvalue weighted by molar-refractivity contribution is -0.118. The summed E-state index contributed by atoms with van der Waals surface area (Å²) in [6, 6.07) is 0. The van der Waals surface area contributed by atoms with Crippen LogP contribution in [0.25, 0.3) is 0 Å². The van der Waals surface area contributed by atoms with Crippen LogP contribution in [0.1, 0.15) is 34.1 Å². The number of amides is 1. The van der Waals surface area contributed by atoms with Gasteiger partial charge in [0.2, 0.25) is 5.91 Å². The van der Waals surface area contributed by atoms with Gasteiger partial charge in [0.25, 0.3) is 0 Å². The molecule has 0 unspecified atom stereocenters. The number of nitrogens with zero attached hydrogens (tertiary/aromatic N) is 1. The van der Waals surface area contributed by atoms with Crippen molar-refractivity contribution in [3.8, 4) is 0 Å². The minimum Gasteiger partial charge on any atom is -0.375 e.